The van der Waals surface area contributed by atoms with Gasteiger partial charge in [-0.2, -0.15) is 0 Å². The molecule has 1 fully saturated rings. The highest BCUT2D eigenvalue weighted by molar-refractivity contribution is 7.09. The highest BCUT2D eigenvalue weighted by Gasteiger charge is 2.18. The average molecular weight is 238 g/mol. The topological polar surface area (TPSA) is 29.3 Å². The lowest BCUT2D eigenvalue weighted by atomic mass is 9.95. The van der Waals surface area contributed by atoms with Gasteiger partial charge in [0.1, 0.15) is 0 Å². The van der Waals surface area contributed by atoms with E-state index in [1.807, 2.05) is 11.3 Å². The molecular formula is C13H22N2S. The lowest BCUT2D eigenvalue weighted by molar-refractivity contribution is 0.172. The van der Waals surface area contributed by atoms with E-state index >= 15 is 0 Å². The van der Waals surface area contributed by atoms with Crippen molar-refractivity contribution in [3.05, 3.63) is 22.4 Å². The molecule has 0 aromatic carbocycles. The van der Waals surface area contributed by atoms with Gasteiger partial charge < -0.3 is 10.6 Å². The van der Waals surface area contributed by atoms with E-state index in [0.29, 0.717) is 0 Å². The van der Waals surface area contributed by atoms with Crippen molar-refractivity contribution in [3.63, 3.8) is 0 Å². The fourth-order valence-corrected chi connectivity index (χ4v) is 3.25. The van der Waals surface area contributed by atoms with E-state index in [1.165, 1.54) is 50.2 Å². The molecule has 16 heavy (non-hydrogen) atoms. The number of rotatable bonds is 5. The SMILES string of the molecule is NCCC1CCCN(CCc2cccs2)C1. The second-order valence-electron chi connectivity index (χ2n) is 4.72. The minimum Gasteiger partial charge on any atom is -0.330 e. The van der Waals surface area contributed by atoms with Crippen LogP contribution in [0.3, 0.4) is 0 Å². The molecule has 0 saturated carbocycles. The van der Waals surface area contributed by atoms with Gasteiger partial charge in [0.05, 0.1) is 0 Å². The fourth-order valence-electron chi connectivity index (χ4n) is 2.55. The fraction of sp³-hybridized carbons (Fsp3) is 0.692. The molecule has 1 aliphatic heterocycles. The zero-order valence-corrected chi connectivity index (χ0v) is 10.7. The van der Waals surface area contributed by atoms with E-state index < -0.39 is 0 Å². The Balaban J connectivity index is 1.72. The van der Waals surface area contributed by atoms with Crippen molar-refractivity contribution in [1.82, 2.24) is 4.90 Å². The standard InChI is InChI=1S/C13H22N2S/c14-7-5-12-3-1-8-15(11-12)9-6-13-4-2-10-16-13/h2,4,10,12H,1,3,5-9,11,14H2. The van der Waals surface area contributed by atoms with E-state index in [4.69, 9.17) is 5.73 Å². The molecular weight excluding hydrogens is 216 g/mol. The van der Waals surface area contributed by atoms with Gasteiger partial charge in [-0.3, -0.25) is 0 Å². The van der Waals surface area contributed by atoms with Gasteiger partial charge in [0.25, 0.3) is 0 Å². The second-order valence-corrected chi connectivity index (χ2v) is 5.75. The van der Waals surface area contributed by atoms with Gasteiger partial charge in [-0.25, -0.2) is 0 Å². The summed E-state index contributed by atoms with van der Waals surface area (Å²) in [7, 11) is 0. The first-order valence-corrected chi connectivity index (χ1v) is 7.21. The van der Waals surface area contributed by atoms with Gasteiger partial charge in [0.15, 0.2) is 0 Å². The van der Waals surface area contributed by atoms with Crippen molar-refractivity contribution in [1.29, 1.82) is 0 Å². The quantitative estimate of drug-likeness (QED) is 0.853. The first-order chi connectivity index (χ1) is 7.88. The third kappa shape index (κ3) is 3.58. The van der Waals surface area contributed by atoms with E-state index in [0.717, 1.165) is 12.5 Å². The lowest BCUT2D eigenvalue weighted by Gasteiger charge is -2.32. The summed E-state index contributed by atoms with van der Waals surface area (Å²) in [5.41, 5.74) is 5.64. The Morgan fingerprint density at radius 2 is 2.44 bits per heavy atom. The van der Waals surface area contributed by atoms with Gasteiger partial charge in [-0.1, -0.05) is 6.07 Å². The van der Waals surface area contributed by atoms with Crippen LogP contribution in [0, 0.1) is 5.92 Å². The molecule has 0 amide bonds. The van der Waals surface area contributed by atoms with Crippen LogP contribution in [0.5, 0.6) is 0 Å². The molecule has 1 atom stereocenters. The smallest absolute Gasteiger partial charge is 0.00579 e. The lowest BCUT2D eigenvalue weighted by Crippen LogP contribution is -2.37. The summed E-state index contributed by atoms with van der Waals surface area (Å²) in [4.78, 5) is 4.13. The summed E-state index contributed by atoms with van der Waals surface area (Å²) in [6, 6.07) is 4.39. The van der Waals surface area contributed by atoms with Gasteiger partial charge in [0, 0.05) is 18.0 Å². The minimum atomic E-state index is 0.849. The molecule has 0 spiro atoms. The maximum Gasteiger partial charge on any atom is 0.00579 e. The largest absolute Gasteiger partial charge is 0.330 e. The van der Waals surface area contributed by atoms with Crippen LogP contribution in [0.25, 0.3) is 0 Å². The van der Waals surface area contributed by atoms with Gasteiger partial charge in [-0.15, -0.1) is 11.3 Å². The molecule has 1 aliphatic rings. The summed E-state index contributed by atoms with van der Waals surface area (Å²) in [6.07, 6.45) is 5.16. The third-order valence-electron chi connectivity index (χ3n) is 3.43. The average Bonchev–Trinajstić information content (AvgIpc) is 2.80. The number of hydrogen-bond acceptors (Lipinski definition) is 3. The molecule has 1 unspecified atom stereocenters. The summed E-state index contributed by atoms with van der Waals surface area (Å²) < 4.78 is 0. The van der Waals surface area contributed by atoms with E-state index in [9.17, 15) is 0 Å². The normalized spacial score (nSPS) is 22.4. The third-order valence-corrected chi connectivity index (χ3v) is 4.37. The van der Waals surface area contributed by atoms with Crippen LogP contribution in [-0.2, 0) is 6.42 Å². The monoisotopic (exact) mass is 238 g/mol. The Kier molecular flexibility index (Phi) is 4.82. The summed E-state index contributed by atoms with van der Waals surface area (Å²) in [5, 5.41) is 2.17. The highest BCUT2D eigenvalue weighted by Crippen LogP contribution is 2.19. The molecule has 1 aromatic heterocycles. The number of nitrogens with two attached hydrogens (primary N) is 1. The molecule has 0 radical (unpaired) electrons. The van der Waals surface area contributed by atoms with Crippen molar-refractivity contribution in [3.8, 4) is 0 Å². The maximum absolute atomic E-state index is 5.64. The number of likely N-dealkylation sites (tertiary alicyclic amines) is 1. The number of thiophene rings is 1. The molecule has 2 nitrogen and oxygen atoms in total. The van der Waals surface area contributed by atoms with Crippen molar-refractivity contribution in [2.24, 2.45) is 11.7 Å². The number of hydrogen-bond donors (Lipinski definition) is 1. The molecule has 1 saturated heterocycles. The Labute approximate surface area is 102 Å². The molecule has 2 rings (SSSR count). The Hall–Kier alpha value is -0.380. The van der Waals surface area contributed by atoms with Crippen molar-refractivity contribution in [2.45, 2.75) is 25.7 Å². The summed E-state index contributed by atoms with van der Waals surface area (Å²) in [6.45, 7) is 4.63. The van der Waals surface area contributed by atoms with Crippen LogP contribution < -0.4 is 5.73 Å². The number of nitrogens with zero attached hydrogens (tertiary/aromatic N) is 1. The first-order valence-electron chi connectivity index (χ1n) is 6.33. The molecule has 0 aliphatic carbocycles. The van der Waals surface area contributed by atoms with E-state index in [1.54, 1.807) is 0 Å². The van der Waals surface area contributed by atoms with Crippen LogP contribution in [0.1, 0.15) is 24.1 Å². The van der Waals surface area contributed by atoms with Crippen molar-refractivity contribution in [2.75, 3.05) is 26.2 Å². The maximum atomic E-state index is 5.64. The second kappa shape index (κ2) is 6.38. The molecule has 2 N–H and O–H groups in total. The van der Waals surface area contributed by atoms with Gasteiger partial charge >= 0.3 is 0 Å². The van der Waals surface area contributed by atoms with Crippen LogP contribution >= 0.6 is 11.3 Å². The first kappa shape index (κ1) is 12.1. The van der Waals surface area contributed by atoms with Crippen LogP contribution in [-0.4, -0.2) is 31.1 Å². The van der Waals surface area contributed by atoms with Crippen molar-refractivity contribution < 1.29 is 0 Å². The van der Waals surface area contributed by atoms with E-state index in [-0.39, 0.29) is 0 Å². The predicted molar refractivity (Wildman–Crippen MR) is 70.9 cm³/mol. The zero-order valence-electron chi connectivity index (χ0n) is 9.90. The summed E-state index contributed by atoms with van der Waals surface area (Å²) >= 11 is 1.88. The Morgan fingerprint density at radius 1 is 1.50 bits per heavy atom. The van der Waals surface area contributed by atoms with Crippen LogP contribution in [0.4, 0.5) is 0 Å². The minimum absolute atomic E-state index is 0.849. The van der Waals surface area contributed by atoms with Crippen molar-refractivity contribution >= 4 is 11.3 Å². The number of piperidine rings is 1. The molecule has 0 bridgehead atoms. The summed E-state index contributed by atoms with van der Waals surface area (Å²) in [5.74, 6) is 0.849. The van der Waals surface area contributed by atoms with Gasteiger partial charge in [0.2, 0.25) is 0 Å². The zero-order chi connectivity index (χ0) is 11.2. The molecule has 3 heteroatoms. The Bertz CT molecular complexity index is 282. The highest BCUT2D eigenvalue weighted by atomic mass is 32.1. The molecule has 2 heterocycles. The van der Waals surface area contributed by atoms with E-state index in [2.05, 4.69) is 22.4 Å². The molecule has 90 valence electrons. The van der Waals surface area contributed by atoms with Gasteiger partial charge in [-0.05, 0) is 56.1 Å². The van der Waals surface area contributed by atoms with Crippen LogP contribution in [0.15, 0.2) is 17.5 Å². The van der Waals surface area contributed by atoms with Crippen LogP contribution in [0.2, 0.25) is 0 Å². The Morgan fingerprint density at radius 3 is 3.19 bits per heavy atom. The predicted octanol–water partition coefficient (Wildman–Crippen LogP) is 2.35. The molecule has 1 aromatic rings.